The van der Waals surface area contributed by atoms with Crippen molar-refractivity contribution in [2.24, 2.45) is 5.10 Å². The van der Waals surface area contributed by atoms with E-state index in [4.69, 9.17) is 27.9 Å². The van der Waals surface area contributed by atoms with E-state index in [1.165, 1.54) is 0 Å². The Hall–Kier alpha value is -1.56. The molecule has 0 aliphatic rings. The maximum absolute atomic E-state index is 11.8. The van der Waals surface area contributed by atoms with Gasteiger partial charge in [0.1, 0.15) is 5.75 Å². The van der Waals surface area contributed by atoms with Crippen molar-refractivity contribution in [2.75, 3.05) is 6.61 Å². The molecule has 0 unspecified atom stereocenters. The van der Waals surface area contributed by atoms with E-state index >= 15 is 0 Å². The van der Waals surface area contributed by atoms with Crippen molar-refractivity contribution in [3.8, 4) is 5.75 Å². The van der Waals surface area contributed by atoms with E-state index in [-0.39, 0.29) is 5.91 Å². The lowest BCUT2D eigenvalue weighted by molar-refractivity contribution is -0.121. The lowest BCUT2D eigenvalue weighted by Gasteiger charge is -2.08. The van der Waals surface area contributed by atoms with Gasteiger partial charge in [-0.2, -0.15) is 5.10 Å². The first kappa shape index (κ1) is 19.8. The molecule has 0 bridgehead atoms. The predicted octanol–water partition coefficient (Wildman–Crippen LogP) is 5.46. The summed E-state index contributed by atoms with van der Waals surface area (Å²) in [6.45, 7) is 2.22. The van der Waals surface area contributed by atoms with Gasteiger partial charge in [0.25, 0.3) is 0 Å². The molecule has 0 aliphatic carbocycles. The number of nitrogens with zero attached hydrogens (tertiary/aromatic N) is 1. The fourth-order valence-corrected chi connectivity index (χ4v) is 2.85. The van der Waals surface area contributed by atoms with Crippen LogP contribution < -0.4 is 10.2 Å². The SMILES string of the molecule is CC(=NNC(=O)CCCOc1ccc(Cl)cc1Cl)c1cccc(Br)c1. The Morgan fingerprint density at radius 2 is 2.04 bits per heavy atom. The Morgan fingerprint density at radius 3 is 2.76 bits per heavy atom. The molecule has 0 fully saturated rings. The molecular weight excluding hydrogens is 427 g/mol. The second-order valence-electron chi connectivity index (χ2n) is 5.27. The molecule has 0 heterocycles. The van der Waals surface area contributed by atoms with Gasteiger partial charge in [-0.25, -0.2) is 5.43 Å². The quantitative estimate of drug-likeness (QED) is 0.351. The van der Waals surface area contributed by atoms with E-state index in [1.54, 1.807) is 18.2 Å². The highest BCUT2D eigenvalue weighted by atomic mass is 79.9. The summed E-state index contributed by atoms with van der Waals surface area (Å²) in [6, 6.07) is 12.7. The molecule has 0 saturated carbocycles. The highest BCUT2D eigenvalue weighted by molar-refractivity contribution is 9.10. The molecule has 2 rings (SSSR count). The topological polar surface area (TPSA) is 50.7 Å². The van der Waals surface area contributed by atoms with Gasteiger partial charge in [-0.1, -0.05) is 51.3 Å². The Kier molecular flexibility index (Phi) is 7.75. The second-order valence-corrected chi connectivity index (χ2v) is 7.03. The number of nitrogens with one attached hydrogen (secondary N) is 1. The first-order valence-corrected chi connectivity index (χ1v) is 9.17. The van der Waals surface area contributed by atoms with Crippen LogP contribution in [0.2, 0.25) is 10.0 Å². The Morgan fingerprint density at radius 1 is 1.24 bits per heavy atom. The van der Waals surface area contributed by atoms with E-state index in [0.717, 1.165) is 15.7 Å². The molecular formula is C18H17BrCl2N2O2. The molecule has 0 saturated heterocycles. The number of ether oxygens (including phenoxy) is 1. The van der Waals surface area contributed by atoms with E-state index in [9.17, 15) is 4.79 Å². The molecule has 132 valence electrons. The summed E-state index contributed by atoms with van der Waals surface area (Å²) in [5, 5.41) is 5.12. The van der Waals surface area contributed by atoms with E-state index in [0.29, 0.717) is 35.2 Å². The highest BCUT2D eigenvalue weighted by Crippen LogP contribution is 2.27. The largest absolute Gasteiger partial charge is 0.492 e. The van der Waals surface area contributed by atoms with E-state index < -0.39 is 0 Å². The number of rotatable bonds is 7. The molecule has 4 nitrogen and oxygen atoms in total. The minimum Gasteiger partial charge on any atom is -0.492 e. The molecule has 7 heteroatoms. The molecule has 1 N–H and O–H groups in total. The summed E-state index contributed by atoms with van der Waals surface area (Å²) in [7, 11) is 0. The Bertz CT molecular complexity index is 781. The minimum absolute atomic E-state index is 0.167. The molecule has 2 aromatic rings. The number of carbonyl (C=O) groups is 1. The number of halogens is 3. The van der Waals surface area contributed by atoms with Gasteiger partial charge in [0.15, 0.2) is 0 Å². The summed E-state index contributed by atoms with van der Waals surface area (Å²) in [5.41, 5.74) is 4.23. The zero-order valence-electron chi connectivity index (χ0n) is 13.6. The van der Waals surface area contributed by atoms with Crippen molar-refractivity contribution in [3.05, 3.63) is 62.5 Å². The zero-order valence-corrected chi connectivity index (χ0v) is 16.7. The van der Waals surface area contributed by atoms with Crippen LogP contribution in [-0.4, -0.2) is 18.2 Å². The molecule has 25 heavy (non-hydrogen) atoms. The van der Waals surface area contributed by atoms with Crippen molar-refractivity contribution >= 4 is 50.8 Å². The average Bonchev–Trinajstić information content (AvgIpc) is 2.58. The summed E-state index contributed by atoms with van der Waals surface area (Å²) < 4.78 is 6.50. The predicted molar refractivity (Wildman–Crippen MR) is 106 cm³/mol. The van der Waals surface area contributed by atoms with Gasteiger partial charge in [-0.3, -0.25) is 4.79 Å². The molecule has 1 amide bonds. The maximum atomic E-state index is 11.8. The van der Waals surface area contributed by atoms with Gasteiger partial charge in [0.2, 0.25) is 5.91 Å². The summed E-state index contributed by atoms with van der Waals surface area (Å²) >= 11 is 15.2. The van der Waals surface area contributed by atoms with Crippen molar-refractivity contribution in [3.63, 3.8) is 0 Å². The smallest absolute Gasteiger partial charge is 0.240 e. The first-order valence-electron chi connectivity index (χ1n) is 7.62. The summed E-state index contributed by atoms with van der Waals surface area (Å²) in [5.74, 6) is 0.384. The van der Waals surface area contributed by atoms with Crippen LogP contribution in [-0.2, 0) is 4.79 Å². The monoisotopic (exact) mass is 442 g/mol. The number of hydrogen-bond acceptors (Lipinski definition) is 3. The fourth-order valence-electron chi connectivity index (χ4n) is 1.99. The van der Waals surface area contributed by atoms with Crippen LogP contribution in [0, 0.1) is 0 Å². The Balaban J connectivity index is 1.74. The van der Waals surface area contributed by atoms with Crippen LogP contribution in [0.1, 0.15) is 25.3 Å². The van der Waals surface area contributed by atoms with Gasteiger partial charge in [-0.15, -0.1) is 0 Å². The van der Waals surface area contributed by atoms with E-state index in [2.05, 4.69) is 26.5 Å². The van der Waals surface area contributed by atoms with Crippen LogP contribution >= 0.6 is 39.1 Å². The van der Waals surface area contributed by atoms with Gasteiger partial charge in [0.05, 0.1) is 17.3 Å². The summed E-state index contributed by atoms with van der Waals surface area (Å²) in [6.07, 6.45) is 0.858. The highest BCUT2D eigenvalue weighted by Gasteiger charge is 2.05. The molecule has 0 radical (unpaired) electrons. The van der Waals surface area contributed by atoms with Crippen molar-refractivity contribution in [2.45, 2.75) is 19.8 Å². The number of hydrogen-bond donors (Lipinski definition) is 1. The molecule has 0 aromatic heterocycles. The Labute approximate surface area is 165 Å². The van der Waals surface area contributed by atoms with E-state index in [1.807, 2.05) is 31.2 Å². The second kappa shape index (κ2) is 9.80. The maximum Gasteiger partial charge on any atom is 0.240 e. The first-order chi connectivity index (χ1) is 12.0. The van der Waals surface area contributed by atoms with Crippen molar-refractivity contribution in [1.82, 2.24) is 5.43 Å². The summed E-state index contributed by atoms with van der Waals surface area (Å²) in [4.78, 5) is 11.8. The van der Waals surface area contributed by atoms with Crippen molar-refractivity contribution < 1.29 is 9.53 Å². The van der Waals surface area contributed by atoms with Gasteiger partial charge in [0, 0.05) is 15.9 Å². The molecule has 0 aliphatic heterocycles. The molecule has 2 aromatic carbocycles. The lowest BCUT2D eigenvalue weighted by atomic mass is 10.1. The van der Waals surface area contributed by atoms with Gasteiger partial charge in [-0.05, 0) is 49.2 Å². The van der Waals surface area contributed by atoms with Crippen LogP contribution in [0.4, 0.5) is 0 Å². The zero-order chi connectivity index (χ0) is 18.2. The van der Waals surface area contributed by atoms with Crippen LogP contribution in [0.25, 0.3) is 0 Å². The third-order valence-corrected chi connectivity index (χ3v) is 4.31. The van der Waals surface area contributed by atoms with Crippen LogP contribution in [0.3, 0.4) is 0 Å². The fraction of sp³-hybridized carbons (Fsp3) is 0.222. The third-order valence-electron chi connectivity index (χ3n) is 3.29. The molecule has 0 atom stereocenters. The van der Waals surface area contributed by atoms with Gasteiger partial charge >= 0.3 is 0 Å². The standard InChI is InChI=1S/C18H17BrCl2N2O2/c1-12(13-4-2-5-14(19)10-13)22-23-18(24)6-3-9-25-17-8-7-15(20)11-16(17)21/h2,4-5,7-8,10-11H,3,6,9H2,1H3,(H,23,24). The van der Waals surface area contributed by atoms with Gasteiger partial charge < -0.3 is 4.74 Å². The minimum atomic E-state index is -0.167. The van der Waals surface area contributed by atoms with Crippen LogP contribution in [0.15, 0.2) is 52.0 Å². The average molecular weight is 444 g/mol. The van der Waals surface area contributed by atoms with Crippen LogP contribution in [0.5, 0.6) is 5.75 Å². The lowest BCUT2D eigenvalue weighted by Crippen LogP contribution is -2.19. The number of benzene rings is 2. The normalized spacial score (nSPS) is 11.3. The molecule has 0 spiro atoms. The number of carbonyl (C=O) groups excluding carboxylic acids is 1. The third kappa shape index (κ3) is 6.69. The number of hydrazone groups is 1. The number of amides is 1. The van der Waals surface area contributed by atoms with Crippen molar-refractivity contribution in [1.29, 1.82) is 0 Å².